The lowest BCUT2D eigenvalue weighted by Gasteiger charge is -1.77. The van der Waals surface area contributed by atoms with Crippen LogP contribution in [-0.4, -0.2) is 0 Å². The minimum absolute atomic E-state index is 0.774. The number of hydrogen-bond donors (Lipinski definition) is 0. The van der Waals surface area contributed by atoms with E-state index in [-0.39, 0.29) is 0 Å². The van der Waals surface area contributed by atoms with Crippen molar-refractivity contribution in [1.29, 1.82) is 0 Å². The van der Waals surface area contributed by atoms with E-state index < -0.39 is 0 Å². The molecule has 1 radical (unpaired) electrons. The molecule has 0 spiro atoms. The number of furan rings is 1. The molecule has 0 aliphatic carbocycles. The summed E-state index contributed by atoms with van der Waals surface area (Å²) < 4.78 is 4.81. The Labute approximate surface area is 50.5 Å². The fraction of sp³-hybridized carbons (Fsp3) is 0.200. The zero-order chi connectivity index (χ0) is 5.11. The molecule has 0 amide bonds. The van der Waals surface area contributed by atoms with Crippen molar-refractivity contribution in [3.05, 3.63) is 24.2 Å². The van der Waals surface area contributed by atoms with Gasteiger partial charge in [-0.2, -0.15) is 0 Å². The van der Waals surface area contributed by atoms with Crippen LogP contribution < -0.4 is 0 Å². The molecule has 0 unspecified atom stereocenters. The third-order valence-electron chi connectivity index (χ3n) is 0.659. The molecule has 0 N–H and O–H groups in total. The second kappa shape index (κ2) is 2.17. The zero-order valence-corrected chi connectivity index (χ0v) is 5.23. The molecule has 7 heavy (non-hydrogen) atoms. The molecule has 0 bridgehead atoms. The van der Waals surface area contributed by atoms with Crippen LogP contribution in [0.15, 0.2) is 16.5 Å². The topological polar surface area (TPSA) is 13.1 Å². The SMILES string of the molecule is BrCc1cc[c]o1. The van der Waals surface area contributed by atoms with Gasteiger partial charge in [0, 0.05) is 0 Å². The van der Waals surface area contributed by atoms with E-state index in [0.717, 1.165) is 11.1 Å². The maximum Gasteiger partial charge on any atom is 0.169 e. The normalized spacial score (nSPS) is 9.29. The van der Waals surface area contributed by atoms with Gasteiger partial charge in [-0.15, -0.1) is 0 Å². The molecule has 1 heterocycles. The summed E-state index contributed by atoms with van der Waals surface area (Å²) in [6.07, 6.45) is 2.58. The summed E-state index contributed by atoms with van der Waals surface area (Å²) in [5.41, 5.74) is 0. The first-order valence-corrected chi connectivity index (χ1v) is 3.06. The van der Waals surface area contributed by atoms with Gasteiger partial charge in [0.1, 0.15) is 5.76 Å². The van der Waals surface area contributed by atoms with E-state index in [1.807, 2.05) is 6.07 Å². The molecular formula is C5H4BrO. The lowest BCUT2D eigenvalue weighted by molar-refractivity contribution is 0.523. The summed E-state index contributed by atoms with van der Waals surface area (Å²) in [5.74, 6) is 0.917. The van der Waals surface area contributed by atoms with Gasteiger partial charge in [0.15, 0.2) is 6.26 Å². The Morgan fingerprint density at radius 3 is 3.00 bits per heavy atom. The van der Waals surface area contributed by atoms with E-state index >= 15 is 0 Å². The quantitative estimate of drug-likeness (QED) is 0.572. The first-order valence-electron chi connectivity index (χ1n) is 1.94. The van der Waals surface area contributed by atoms with Crippen LogP contribution in [0.1, 0.15) is 5.76 Å². The number of halogens is 1. The second-order valence-corrected chi connectivity index (χ2v) is 1.71. The van der Waals surface area contributed by atoms with Gasteiger partial charge >= 0.3 is 0 Å². The maximum atomic E-state index is 4.81. The summed E-state index contributed by atoms with van der Waals surface area (Å²) in [6, 6.07) is 3.62. The predicted molar refractivity (Wildman–Crippen MR) is 30.2 cm³/mol. The Balaban J connectivity index is 2.76. The highest BCUT2D eigenvalue weighted by Gasteiger charge is 1.86. The summed E-state index contributed by atoms with van der Waals surface area (Å²) >= 11 is 3.22. The standard InChI is InChI=1S/C5H4BrO/c6-4-5-2-1-3-7-5/h1-2H,4H2. The van der Waals surface area contributed by atoms with E-state index in [9.17, 15) is 0 Å². The fourth-order valence-corrected chi connectivity index (χ4v) is 0.644. The summed E-state index contributed by atoms with van der Waals surface area (Å²) in [6.45, 7) is 0. The fourth-order valence-electron chi connectivity index (χ4n) is 0.343. The van der Waals surface area contributed by atoms with Crippen molar-refractivity contribution in [2.24, 2.45) is 0 Å². The van der Waals surface area contributed by atoms with Crippen molar-refractivity contribution < 1.29 is 4.42 Å². The lowest BCUT2D eigenvalue weighted by atomic mass is 10.5. The van der Waals surface area contributed by atoms with Crippen molar-refractivity contribution in [3.8, 4) is 0 Å². The number of rotatable bonds is 1. The van der Waals surface area contributed by atoms with Gasteiger partial charge in [-0.25, -0.2) is 0 Å². The van der Waals surface area contributed by atoms with Crippen molar-refractivity contribution >= 4 is 15.9 Å². The molecule has 1 rings (SSSR count). The Kier molecular flexibility index (Phi) is 1.52. The first-order chi connectivity index (χ1) is 3.43. The monoisotopic (exact) mass is 159 g/mol. The Morgan fingerprint density at radius 2 is 2.71 bits per heavy atom. The van der Waals surface area contributed by atoms with Gasteiger partial charge in [-0.05, 0) is 12.1 Å². The maximum absolute atomic E-state index is 4.81. The minimum Gasteiger partial charge on any atom is -0.457 e. The molecule has 0 aromatic carbocycles. The molecule has 0 atom stereocenters. The first kappa shape index (κ1) is 4.91. The molecule has 2 heteroatoms. The molecular weight excluding hydrogens is 156 g/mol. The molecule has 1 aromatic heterocycles. The Morgan fingerprint density at radius 1 is 1.86 bits per heavy atom. The van der Waals surface area contributed by atoms with Crippen LogP contribution in [0, 0.1) is 6.26 Å². The van der Waals surface area contributed by atoms with Crippen LogP contribution >= 0.6 is 15.9 Å². The van der Waals surface area contributed by atoms with Gasteiger partial charge in [0.25, 0.3) is 0 Å². The van der Waals surface area contributed by atoms with Gasteiger partial charge in [-0.1, -0.05) is 15.9 Å². The minimum atomic E-state index is 0.774. The molecule has 1 nitrogen and oxygen atoms in total. The van der Waals surface area contributed by atoms with Gasteiger partial charge < -0.3 is 4.42 Å². The third kappa shape index (κ3) is 1.06. The van der Waals surface area contributed by atoms with E-state index in [4.69, 9.17) is 4.42 Å². The highest BCUT2D eigenvalue weighted by atomic mass is 79.9. The average molecular weight is 160 g/mol. The van der Waals surface area contributed by atoms with Crippen molar-refractivity contribution in [2.75, 3.05) is 0 Å². The molecule has 0 saturated carbocycles. The van der Waals surface area contributed by atoms with Crippen molar-refractivity contribution in [1.82, 2.24) is 0 Å². The predicted octanol–water partition coefficient (Wildman–Crippen LogP) is 1.97. The van der Waals surface area contributed by atoms with Crippen molar-refractivity contribution in [3.63, 3.8) is 0 Å². The number of alkyl halides is 1. The summed E-state index contributed by atoms with van der Waals surface area (Å²) in [7, 11) is 0. The summed E-state index contributed by atoms with van der Waals surface area (Å²) in [5, 5.41) is 0.774. The van der Waals surface area contributed by atoms with E-state index in [0.29, 0.717) is 0 Å². The van der Waals surface area contributed by atoms with Crippen LogP contribution in [0.3, 0.4) is 0 Å². The van der Waals surface area contributed by atoms with E-state index in [1.54, 1.807) is 6.07 Å². The molecule has 0 aliphatic rings. The van der Waals surface area contributed by atoms with Gasteiger partial charge in [0.05, 0.1) is 5.33 Å². The zero-order valence-electron chi connectivity index (χ0n) is 3.65. The Bertz CT molecular complexity index is 123. The number of hydrogen-bond acceptors (Lipinski definition) is 1. The Hall–Kier alpha value is -0.240. The highest BCUT2D eigenvalue weighted by Crippen LogP contribution is 2.02. The lowest BCUT2D eigenvalue weighted by Crippen LogP contribution is -1.61. The molecule has 0 fully saturated rings. The van der Waals surface area contributed by atoms with Crippen LogP contribution in [0.4, 0.5) is 0 Å². The molecule has 0 aliphatic heterocycles. The van der Waals surface area contributed by atoms with E-state index in [1.165, 1.54) is 0 Å². The smallest absolute Gasteiger partial charge is 0.169 e. The van der Waals surface area contributed by atoms with Gasteiger partial charge in [0.2, 0.25) is 0 Å². The largest absolute Gasteiger partial charge is 0.457 e. The highest BCUT2D eigenvalue weighted by molar-refractivity contribution is 9.08. The van der Waals surface area contributed by atoms with Gasteiger partial charge in [-0.3, -0.25) is 0 Å². The van der Waals surface area contributed by atoms with Crippen LogP contribution in [-0.2, 0) is 5.33 Å². The van der Waals surface area contributed by atoms with Crippen LogP contribution in [0.5, 0.6) is 0 Å². The molecule has 37 valence electrons. The third-order valence-corrected chi connectivity index (χ3v) is 1.21. The van der Waals surface area contributed by atoms with Crippen LogP contribution in [0.2, 0.25) is 0 Å². The van der Waals surface area contributed by atoms with Crippen molar-refractivity contribution in [2.45, 2.75) is 5.33 Å². The summed E-state index contributed by atoms with van der Waals surface area (Å²) in [4.78, 5) is 0. The molecule has 0 saturated heterocycles. The molecule has 1 aromatic rings. The van der Waals surface area contributed by atoms with Crippen LogP contribution in [0.25, 0.3) is 0 Å². The second-order valence-electron chi connectivity index (χ2n) is 1.15. The van der Waals surface area contributed by atoms with E-state index in [2.05, 4.69) is 22.2 Å². The average Bonchev–Trinajstić information content (AvgIpc) is 2.14.